The predicted molar refractivity (Wildman–Crippen MR) is 60.3 cm³/mol. The number of hydrogen-bond donors (Lipinski definition) is 1. The van der Waals surface area contributed by atoms with Crippen LogP contribution in [0.5, 0.6) is 0 Å². The van der Waals surface area contributed by atoms with E-state index in [9.17, 15) is 13.6 Å². The van der Waals surface area contributed by atoms with Gasteiger partial charge >= 0.3 is 0 Å². The Balaban J connectivity index is 2.77. The van der Waals surface area contributed by atoms with Crippen LogP contribution in [0.3, 0.4) is 0 Å². The predicted octanol–water partition coefficient (Wildman–Crippen LogP) is 2.38. The molecule has 92 valence electrons. The minimum absolute atomic E-state index is 0.235. The zero-order valence-electron chi connectivity index (χ0n) is 9.63. The molecule has 2 aromatic heterocycles. The molecule has 1 N–H and O–H groups in total. The van der Waals surface area contributed by atoms with Gasteiger partial charge in [-0.2, -0.15) is 5.10 Å². The third-order valence-electron chi connectivity index (χ3n) is 2.69. The van der Waals surface area contributed by atoms with E-state index in [1.807, 2.05) is 6.92 Å². The van der Waals surface area contributed by atoms with Crippen molar-refractivity contribution in [3.8, 4) is 0 Å². The van der Waals surface area contributed by atoms with Gasteiger partial charge in [0, 0.05) is 29.3 Å². The van der Waals surface area contributed by atoms with Crippen molar-refractivity contribution >= 4 is 11.0 Å². The third-order valence-corrected chi connectivity index (χ3v) is 2.69. The Morgan fingerprint density at radius 3 is 2.82 bits per heavy atom. The van der Waals surface area contributed by atoms with E-state index >= 15 is 0 Å². The van der Waals surface area contributed by atoms with Crippen molar-refractivity contribution in [1.82, 2.24) is 14.8 Å². The molecule has 2 aromatic rings. The summed E-state index contributed by atoms with van der Waals surface area (Å²) in [6.45, 7) is 4.35. The molecule has 6 heteroatoms. The minimum Gasteiger partial charge on any atom is -0.305 e. The zero-order valence-corrected chi connectivity index (χ0v) is 9.63. The molecule has 0 saturated carbocycles. The monoisotopic (exact) mass is 241 g/mol. The number of H-pyrrole nitrogens is 1. The fourth-order valence-electron chi connectivity index (χ4n) is 1.95. The molecule has 4 nitrogen and oxygen atoms in total. The van der Waals surface area contributed by atoms with Gasteiger partial charge in [-0.25, -0.2) is 8.78 Å². The fraction of sp³-hybridized carbons (Fsp3) is 0.455. The Labute approximate surface area is 96.3 Å². The van der Waals surface area contributed by atoms with Crippen LogP contribution in [-0.4, -0.2) is 14.8 Å². The molecule has 0 aliphatic carbocycles. The molecular weight excluding hydrogens is 228 g/mol. The average molecular weight is 241 g/mol. The maximum atomic E-state index is 12.9. The minimum atomic E-state index is -2.67. The number of nitrogens with one attached hydrogen (secondary N) is 1. The van der Waals surface area contributed by atoms with Crippen LogP contribution in [0.1, 0.15) is 31.0 Å². The van der Waals surface area contributed by atoms with Gasteiger partial charge in [-0.1, -0.05) is 6.92 Å². The highest BCUT2D eigenvalue weighted by Gasteiger charge is 2.18. The molecule has 2 heterocycles. The van der Waals surface area contributed by atoms with Crippen molar-refractivity contribution in [2.45, 2.75) is 33.2 Å². The normalized spacial score (nSPS) is 11.6. The number of aryl methyl sites for hydroxylation is 2. The summed E-state index contributed by atoms with van der Waals surface area (Å²) in [5.41, 5.74) is 0.102. The number of halogens is 2. The van der Waals surface area contributed by atoms with Crippen molar-refractivity contribution in [2.24, 2.45) is 0 Å². The van der Waals surface area contributed by atoms with E-state index < -0.39 is 12.0 Å². The number of aromatic amines is 1. The lowest BCUT2D eigenvalue weighted by Crippen LogP contribution is -2.06. The van der Waals surface area contributed by atoms with E-state index in [4.69, 9.17) is 0 Å². The second kappa shape index (κ2) is 4.27. The van der Waals surface area contributed by atoms with Crippen LogP contribution in [0, 0.1) is 6.92 Å². The molecule has 0 atom stereocenters. The van der Waals surface area contributed by atoms with Gasteiger partial charge in [-0.15, -0.1) is 0 Å². The van der Waals surface area contributed by atoms with Gasteiger partial charge in [0.25, 0.3) is 6.43 Å². The quantitative estimate of drug-likeness (QED) is 0.896. The first-order chi connectivity index (χ1) is 8.04. The summed E-state index contributed by atoms with van der Waals surface area (Å²) in [5.74, 6) is 0. The Morgan fingerprint density at radius 1 is 1.53 bits per heavy atom. The SMILES string of the molecule is CCCn1nc2[nH]c(=O)cc(C(F)F)c2c1C. The first kappa shape index (κ1) is 11.8. The summed E-state index contributed by atoms with van der Waals surface area (Å²) in [7, 11) is 0. The standard InChI is InChI=1S/C11H13F2N3O/c1-3-4-16-6(2)9-7(10(12)13)5-8(17)14-11(9)15-16/h5,10H,3-4H2,1-2H3,(H,14,15,17). The Morgan fingerprint density at radius 2 is 2.24 bits per heavy atom. The molecule has 2 rings (SSSR count). The van der Waals surface area contributed by atoms with Gasteiger partial charge in [0.2, 0.25) is 5.56 Å². The zero-order chi connectivity index (χ0) is 12.6. The van der Waals surface area contributed by atoms with Crippen molar-refractivity contribution in [3.63, 3.8) is 0 Å². The molecule has 0 aliphatic rings. The summed E-state index contributed by atoms with van der Waals surface area (Å²) < 4.78 is 27.4. The van der Waals surface area contributed by atoms with Crippen LogP contribution in [0.2, 0.25) is 0 Å². The topological polar surface area (TPSA) is 50.7 Å². The van der Waals surface area contributed by atoms with Crippen molar-refractivity contribution in [3.05, 3.63) is 27.7 Å². The van der Waals surface area contributed by atoms with E-state index in [1.165, 1.54) is 0 Å². The van der Waals surface area contributed by atoms with Crippen molar-refractivity contribution in [2.75, 3.05) is 0 Å². The largest absolute Gasteiger partial charge is 0.305 e. The van der Waals surface area contributed by atoms with Crippen molar-refractivity contribution < 1.29 is 8.78 Å². The van der Waals surface area contributed by atoms with Crippen LogP contribution in [0.15, 0.2) is 10.9 Å². The number of pyridine rings is 1. The van der Waals surface area contributed by atoms with E-state index in [-0.39, 0.29) is 11.2 Å². The molecule has 17 heavy (non-hydrogen) atoms. The first-order valence-corrected chi connectivity index (χ1v) is 5.43. The van der Waals surface area contributed by atoms with Crippen LogP contribution in [0.25, 0.3) is 11.0 Å². The molecule has 0 spiro atoms. The number of alkyl halides is 2. The highest BCUT2D eigenvalue weighted by atomic mass is 19.3. The summed E-state index contributed by atoms with van der Waals surface area (Å²) >= 11 is 0. The molecule has 0 bridgehead atoms. The fourth-order valence-corrected chi connectivity index (χ4v) is 1.95. The highest BCUT2D eigenvalue weighted by Crippen LogP contribution is 2.27. The lowest BCUT2D eigenvalue weighted by Gasteiger charge is -2.02. The molecule has 0 radical (unpaired) electrons. The summed E-state index contributed by atoms with van der Waals surface area (Å²) in [4.78, 5) is 13.7. The molecule has 0 aliphatic heterocycles. The molecule has 0 amide bonds. The summed E-state index contributed by atoms with van der Waals surface area (Å²) in [5, 5.41) is 4.49. The first-order valence-electron chi connectivity index (χ1n) is 5.43. The van der Waals surface area contributed by atoms with Crippen LogP contribution in [-0.2, 0) is 6.54 Å². The maximum Gasteiger partial charge on any atom is 0.264 e. The molecule has 0 aromatic carbocycles. The highest BCUT2D eigenvalue weighted by molar-refractivity contribution is 5.81. The number of fused-ring (bicyclic) bond motifs is 1. The molecule has 0 fully saturated rings. The smallest absolute Gasteiger partial charge is 0.264 e. The van der Waals surface area contributed by atoms with E-state index in [1.54, 1.807) is 11.6 Å². The summed E-state index contributed by atoms with van der Waals surface area (Å²) in [6, 6.07) is 0.942. The maximum absolute atomic E-state index is 12.9. The number of nitrogens with zero attached hydrogens (tertiary/aromatic N) is 2. The number of rotatable bonds is 3. The Bertz CT molecular complexity index is 601. The van der Waals surface area contributed by atoms with Gasteiger partial charge in [0.05, 0.1) is 0 Å². The van der Waals surface area contributed by atoms with E-state index in [2.05, 4.69) is 10.1 Å². The number of aromatic nitrogens is 3. The third kappa shape index (κ3) is 1.94. The molecular formula is C11H13F2N3O. The van der Waals surface area contributed by atoms with Gasteiger partial charge in [0.1, 0.15) is 0 Å². The van der Waals surface area contributed by atoms with Crippen LogP contribution in [0.4, 0.5) is 8.78 Å². The van der Waals surface area contributed by atoms with Crippen LogP contribution < -0.4 is 5.56 Å². The van der Waals surface area contributed by atoms with Gasteiger partial charge < -0.3 is 4.98 Å². The Kier molecular flexibility index (Phi) is 2.95. The lowest BCUT2D eigenvalue weighted by molar-refractivity contribution is 0.153. The number of hydrogen-bond acceptors (Lipinski definition) is 2. The van der Waals surface area contributed by atoms with Gasteiger partial charge in [0.15, 0.2) is 5.65 Å². The van der Waals surface area contributed by atoms with E-state index in [0.717, 1.165) is 12.5 Å². The van der Waals surface area contributed by atoms with Crippen molar-refractivity contribution in [1.29, 1.82) is 0 Å². The molecule has 0 saturated heterocycles. The van der Waals surface area contributed by atoms with Crippen LogP contribution >= 0.6 is 0 Å². The Hall–Kier alpha value is -1.72. The summed E-state index contributed by atoms with van der Waals surface area (Å²) in [6.07, 6.45) is -1.82. The van der Waals surface area contributed by atoms with Gasteiger partial charge in [-0.05, 0) is 13.3 Å². The lowest BCUT2D eigenvalue weighted by atomic mass is 10.1. The molecule has 0 unspecified atom stereocenters. The average Bonchev–Trinajstić information content (AvgIpc) is 2.55. The second-order valence-electron chi connectivity index (χ2n) is 3.92. The second-order valence-corrected chi connectivity index (χ2v) is 3.92. The van der Waals surface area contributed by atoms with E-state index in [0.29, 0.717) is 17.6 Å². The van der Waals surface area contributed by atoms with Gasteiger partial charge in [-0.3, -0.25) is 9.48 Å².